The number of carbonyl (C=O) groups is 2. The minimum atomic E-state index is -1.53. The molecule has 3 atom stereocenters. The molecule has 1 fully saturated rings. The summed E-state index contributed by atoms with van der Waals surface area (Å²) in [4.78, 5) is 28.0. The number of hydroxylamine groups is 4. The molecule has 2 heterocycles. The van der Waals surface area contributed by atoms with E-state index in [1.165, 1.54) is 11.6 Å². The zero-order chi connectivity index (χ0) is 21.2. The van der Waals surface area contributed by atoms with Gasteiger partial charge in [0.15, 0.2) is 18.5 Å². The summed E-state index contributed by atoms with van der Waals surface area (Å²) in [7, 11) is 0. The molecule has 0 bridgehead atoms. The maximum Gasteiger partial charge on any atom is 0.408 e. The molecule has 2 amide bonds. The number of amides is 2. The minimum absolute atomic E-state index is 0.251. The lowest BCUT2D eigenvalue weighted by Crippen LogP contribution is -2.77. The highest BCUT2D eigenvalue weighted by atomic mass is 16.9. The number of benzene rings is 1. The SMILES string of the molecule is CC1[C@H](NC(=O)OC(C)(C)C)C(=O)[N+]1([O-])OCc1nnnn1Cc1ccccc1. The molecule has 1 aromatic heterocycles. The fraction of sp³-hybridized carbons (Fsp3) is 0.500. The lowest BCUT2D eigenvalue weighted by molar-refractivity contribution is -1.05. The van der Waals surface area contributed by atoms with E-state index >= 15 is 0 Å². The van der Waals surface area contributed by atoms with Crippen molar-refractivity contribution in [3.8, 4) is 0 Å². The number of ether oxygens (including phenoxy) is 1. The van der Waals surface area contributed by atoms with Gasteiger partial charge >= 0.3 is 12.0 Å². The molecule has 29 heavy (non-hydrogen) atoms. The number of hydrogen-bond donors (Lipinski definition) is 1. The summed E-state index contributed by atoms with van der Waals surface area (Å²) in [5.74, 6) is -0.504. The van der Waals surface area contributed by atoms with Gasteiger partial charge in [-0.2, -0.15) is 4.84 Å². The first-order valence-corrected chi connectivity index (χ1v) is 9.17. The van der Waals surface area contributed by atoms with Crippen LogP contribution in [0.25, 0.3) is 0 Å². The molecule has 2 aromatic rings. The molecule has 1 aromatic carbocycles. The summed E-state index contributed by atoms with van der Waals surface area (Å²) in [6.45, 7) is 6.78. The van der Waals surface area contributed by atoms with Crippen LogP contribution in [0.3, 0.4) is 0 Å². The topological polar surface area (TPSA) is 131 Å². The van der Waals surface area contributed by atoms with Gasteiger partial charge in [-0.25, -0.2) is 14.3 Å². The van der Waals surface area contributed by atoms with Crippen molar-refractivity contribution in [1.82, 2.24) is 25.5 Å². The number of alkyl carbamates (subject to hydrolysis) is 1. The molecular weight excluding hydrogens is 380 g/mol. The van der Waals surface area contributed by atoms with Gasteiger partial charge in [0.2, 0.25) is 6.04 Å². The van der Waals surface area contributed by atoms with E-state index in [2.05, 4.69) is 20.8 Å². The van der Waals surface area contributed by atoms with Crippen molar-refractivity contribution in [2.75, 3.05) is 0 Å². The summed E-state index contributed by atoms with van der Waals surface area (Å²) in [6.07, 6.45) is -0.763. The highest BCUT2D eigenvalue weighted by Crippen LogP contribution is 2.31. The largest absolute Gasteiger partial charge is 0.591 e. The summed E-state index contributed by atoms with van der Waals surface area (Å²) in [6, 6.07) is 7.70. The average molecular weight is 404 g/mol. The number of nitrogens with one attached hydrogen (secondary N) is 1. The number of quaternary nitrogens is 1. The van der Waals surface area contributed by atoms with E-state index in [1.807, 2.05) is 30.3 Å². The van der Waals surface area contributed by atoms with Crippen LogP contribution in [0, 0.1) is 5.21 Å². The van der Waals surface area contributed by atoms with Gasteiger partial charge in [-0.05, 0) is 43.7 Å². The van der Waals surface area contributed by atoms with Crippen LogP contribution >= 0.6 is 0 Å². The van der Waals surface area contributed by atoms with E-state index in [-0.39, 0.29) is 6.61 Å². The highest BCUT2D eigenvalue weighted by molar-refractivity contribution is 5.85. The van der Waals surface area contributed by atoms with Crippen LogP contribution in [0.2, 0.25) is 0 Å². The van der Waals surface area contributed by atoms with Gasteiger partial charge in [0, 0.05) is 0 Å². The normalized spacial score (nSPS) is 24.1. The van der Waals surface area contributed by atoms with Gasteiger partial charge in [-0.3, -0.25) is 0 Å². The molecule has 156 valence electrons. The number of tetrazole rings is 1. The average Bonchev–Trinajstić information content (AvgIpc) is 3.10. The van der Waals surface area contributed by atoms with Crippen LogP contribution in [0.15, 0.2) is 30.3 Å². The van der Waals surface area contributed by atoms with E-state index in [4.69, 9.17) is 9.57 Å². The Morgan fingerprint density at radius 3 is 2.62 bits per heavy atom. The third-order valence-corrected chi connectivity index (χ3v) is 4.43. The van der Waals surface area contributed by atoms with Crippen molar-refractivity contribution < 1.29 is 24.0 Å². The van der Waals surface area contributed by atoms with Gasteiger partial charge < -0.3 is 15.3 Å². The maximum atomic E-state index is 12.8. The Labute approximate surface area is 167 Å². The summed E-state index contributed by atoms with van der Waals surface area (Å²) in [5.41, 5.74) is 0.262. The Bertz CT molecular complexity index is 880. The molecule has 1 aliphatic rings. The predicted octanol–water partition coefficient (Wildman–Crippen LogP) is 1.29. The number of hydrogen-bond acceptors (Lipinski definition) is 8. The van der Waals surface area contributed by atoms with Crippen LogP contribution in [-0.4, -0.2) is 54.7 Å². The number of carbonyl (C=O) groups excluding carboxylic acids is 2. The zero-order valence-corrected chi connectivity index (χ0v) is 16.7. The molecule has 1 saturated heterocycles. The Balaban J connectivity index is 1.58. The molecule has 1 N–H and O–H groups in total. The standard InChI is InChI=1S/C18H24N6O5/c1-12-15(19-17(26)29-18(2,3)4)16(25)24(12,27)28-11-14-20-21-22-23(14)10-13-8-6-5-7-9-13/h5-9,12,15H,10-11H2,1-4H3,(H,19,26)/t12?,15-,24?/m0/s1. The van der Waals surface area contributed by atoms with Crippen molar-refractivity contribution in [1.29, 1.82) is 0 Å². The molecule has 2 unspecified atom stereocenters. The second-order valence-corrected chi connectivity index (χ2v) is 7.81. The molecule has 0 spiro atoms. The molecule has 0 saturated carbocycles. The van der Waals surface area contributed by atoms with E-state index in [1.54, 1.807) is 20.8 Å². The van der Waals surface area contributed by atoms with E-state index in [0.29, 0.717) is 12.4 Å². The molecule has 0 radical (unpaired) electrons. The third kappa shape index (κ3) is 4.58. The number of nitrogens with zero attached hydrogens (tertiary/aromatic N) is 5. The van der Waals surface area contributed by atoms with E-state index in [0.717, 1.165) is 5.56 Å². The summed E-state index contributed by atoms with van der Waals surface area (Å²) < 4.78 is 6.61. The van der Waals surface area contributed by atoms with E-state index < -0.39 is 34.5 Å². The van der Waals surface area contributed by atoms with Gasteiger partial charge in [0.1, 0.15) is 5.60 Å². The minimum Gasteiger partial charge on any atom is -0.591 e. The Hall–Kier alpha value is -2.89. The summed E-state index contributed by atoms with van der Waals surface area (Å²) >= 11 is 0. The van der Waals surface area contributed by atoms with Crippen molar-refractivity contribution in [2.45, 2.75) is 58.5 Å². The molecular formula is C18H24N6O5. The first-order chi connectivity index (χ1) is 13.6. The van der Waals surface area contributed by atoms with Crippen LogP contribution in [0.5, 0.6) is 0 Å². The number of aromatic nitrogens is 4. The molecule has 1 aliphatic heterocycles. The van der Waals surface area contributed by atoms with Gasteiger partial charge in [-0.1, -0.05) is 30.3 Å². The Morgan fingerprint density at radius 2 is 2.00 bits per heavy atom. The zero-order valence-electron chi connectivity index (χ0n) is 16.7. The second-order valence-electron chi connectivity index (χ2n) is 7.81. The van der Waals surface area contributed by atoms with Gasteiger partial charge in [-0.15, -0.1) is 9.91 Å². The second kappa shape index (κ2) is 7.85. The fourth-order valence-electron chi connectivity index (χ4n) is 2.87. The number of β-lactam (4-membered cyclic amide) rings is 1. The Kier molecular flexibility index (Phi) is 5.64. The summed E-state index contributed by atoms with van der Waals surface area (Å²) in [5, 5.41) is 26.5. The molecule has 3 rings (SSSR count). The monoisotopic (exact) mass is 404 g/mol. The quantitative estimate of drug-likeness (QED) is 0.433. The lowest BCUT2D eigenvalue weighted by atomic mass is 9.99. The van der Waals surface area contributed by atoms with Crippen molar-refractivity contribution in [3.05, 3.63) is 46.9 Å². The van der Waals surface area contributed by atoms with Crippen LogP contribution in [0.1, 0.15) is 39.1 Å². The fourth-order valence-corrected chi connectivity index (χ4v) is 2.87. The first kappa shape index (κ1) is 20.8. The Morgan fingerprint density at radius 1 is 1.31 bits per heavy atom. The molecule has 11 nitrogen and oxygen atoms in total. The lowest BCUT2D eigenvalue weighted by Gasteiger charge is -2.51. The molecule has 11 heteroatoms. The van der Waals surface area contributed by atoms with Crippen molar-refractivity contribution >= 4 is 12.0 Å². The van der Waals surface area contributed by atoms with Crippen LogP contribution in [0.4, 0.5) is 4.79 Å². The highest BCUT2D eigenvalue weighted by Gasteiger charge is 2.60. The van der Waals surface area contributed by atoms with Crippen molar-refractivity contribution in [3.63, 3.8) is 0 Å². The smallest absolute Gasteiger partial charge is 0.408 e. The van der Waals surface area contributed by atoms with Gasteiger partial charge in [0.05, 0.1) is 6.54 Å². The predicted molar refractivity (Wildman–Crippen MR) is 99.4 cm³/mol. The number of rotatable bonds is 6. The maximum absolute atomic E-state index is 12.8. The van der Waals surface area contributed by atoms with Gasteiger partial charge in [0.25, 0.3) is 0 Å². The third-order valence-electron chi connectivity index (χ3n) is 4.43. The van der Waals surface area contributed by atoms with Crippen LogP contribution < -0.4 is 5.32 Å². The van der Waals surface area contributed by atoms with Crippen molar-refractivity contribution in [2.24, 2.45) is 0 Å². The van der Waals surface area contributed by atoms with Crippen LogP contribution in [-0.2, 0) is 27.5 Å². The van der Waals surface area contributed by atoms with E-state index in [9.17, 15) is 14.8 Å². The first-order valence-electron chi connectivity index (χ1n) is 9.17. The molecule has 0 aliphatic carbocycles.